The third kappa shape index (κ3) is 6.25. The van der Waals surface area contributed by atoms with Crippen LogP contribution in [0, 0.1) is 11.8 Å². The van der Waals surface area contributed by atoms with Gasteiger partial charge in [0.05, 0.1) is 18.7 Å². The van der Waals surface area contributed by atoms with Crippen molar-refractivity contribution >= 4 is 11.8 Å². The predicted molar refractivity (Wildman–Crippen MR) is 123 cm³/mol. The van der Waals surface area contributed by atoms with E-state index in [-0.39, 0.29) is 30.7 Å². The molecule has 0 aromatic heterocycles. The lowest BCUT2D eigenvalue weighted by Crippen LogP contribution is -2.57. The number of ether oxygens (including phenoxy) is 1. The molecule has 9 nitrogen and oxygen atoms in total. The molecule has 4 rings (SSSR count). The Balaban J connectivity index is 1.19. The molecule has 0 aromatic carbocycles. The Labute approximate surface area is 197 Å². The zero-order valence-corrected chi connectivity index (χ0v) is 20.0. The van der Waals surface area contributed by atoms with Gasteiger partial charge in [0, 0.05) is 38.6 Å². The number of nitrogens with one attached hydrogen (secondary N) is 2. The van der Waals surface area contributed by atoms with Gasteiger partial charge >= 0.3 is 0 Å². The van der Waals surface area contributed by atoms with E-state index < -0.39 is 24.4 Å². The van der Waals surface area contributed by atoms with E-state index in [1.165, 1.54) is 12.8 Å². The number of hydrogen-bond donors (Lipinski definition) is 4. The van der Waals surface area contributed by atoms with Crippen molar-refractivity contribution in [2.24, 2.45) is 11.8 Å². The van der Waals surface area contributed by atoms with Gasteiger partial charge in [-0.25, -0.2) is 0 Å². The second-order valence-corrected chi connectivity index (χ2v) is 10.5. The molecule has 1 saturated carbocycles. The maximum atomic E-state index is 12.8. The molecule has 0 bridgehead atoms. The summed E-state index contributed by atoms with van der Waals surface area (Å²) in [6, 6.07) is 0. The molecule has 2 amide bonds. The van der Waals surface area contributed by atoms with Crippen molar-refractivity contribution in [2.75, 3.05) is 39.3 Å². The van der Waals surface area contributed by atoms with Crippen LogP contribution in [0.5, 0.6) is 0 Å². The van der Waals surface area contributed by atoms with Gasteiger partial charge in [0.25, 0.3) is 0 Å². The standard InChI is InChI=1S/C24H42N4O5/c1-16-5-7-17(8-6-16)24(32)26-15-19-23(31)22(30)18(33-19)14-21(29)28-12-10-27(11-13-28)20-4-2-3-9-25-20/h16-20,22-23,25,30-31H,2-15H2,1H3,(H,26,32)/t16?,17?,18-,19-,20?,22-,23+/m0/s1. The molecule has 3 saturated heterocycles. The zero-order chi connectivity index (χ0) is 23.4. The van der Waals surface area contributed by atoms with Crippen LogP contribution >= 0.6 is 0 Å². The summed E-state index contributed by atoms with van der Waals surface area (Å²) in [6.45, 7) is 6.45. The van der Waals surface area contributed by atoms with Crippen molar-refractivity contribution in [1.82, 2.24) is 20.4 Å². The Morgan fingerprint density at radius 2 is 1.67 bits per heavy atom. The van der Waals surface area contributed by atoms with Crippen LogP contribution in [0.25, 0.3) is 0 Å². The van der Waals surface area contributed by atoms with Gasteiger partial charge in [-0.1, -0.05) is 6.92 Å². The number of amides is 2. The fraction of sp³-hybridized carbons (Fsp3) is 0.917. The summed E-state index contributed by atoms with van der Waals surface area (Å²) in [6.07, 6.45) is 4.34. The summed E-state index contributed by atoms with van der Waals surface area (Å²) in [4.78, 5) is 29.6. The highest BCUT2D eigenvalue weighted by Gasteiger charge is 2.44. The number of hydrogen-bond acceptors (Lipinski definition) is 7. The second kappa shape index (κ2) is 11.4. The van der Waals surface area contributed by atoms with Crippen molar-refractivity contribution in [3.63, 3.8) is 0 Å². The average Bonchev–Trinajstić information content (AvgIpc) is 3.11. The minimum Gasteiger partial charge on any atom is -0.388 e. The fourth-order valence-corrected chi connectivity index (χ4v) is 5.76. The maximum Gasteiger partial charge on any atom is 0.225 e. The van der Waals surface area contributed by atoms with Gasteiger partial charge in [0.1, 0.15) is 18.3 Å². The van der Waals surface area contributed by atoms with E-state index in [1.807, 2.05) is 4.90 Å². The SMILES string of the molecule is CC1CCC(C(=O)NC[C@@H]2O[C@@H](CC(=O)N3CCN(C4CCCCN4)CC3)[C@H](O)[C@@H]2O)CC1. The fourth-order valence-electron chi connectivity index (χ4n) is 5.76. The molecule has 4 aliphatic rings. The number of piperazine rings is 1. The summed E-state index contributed by atoms with van der Waals surface area (Å²) in [5, 5.41) is 27.3. The Morgan fingerprint density at radius 1 is 0.970 bits per heavy atom. The molecule has 4 fully saturated rings. The van der Waals surface area contributed by atoms with Crippen molar-refractivity contribution in [1.29, 1.82) is 0 Å². The number of aliphatic hydroxyl groups is 2. The number of carbonyl (C=O) groups is 2. The van der Waals surface area contributed by atoms with E-state index in [0.29, 0.717) is 25.2 Å². The molecule has 4 N–H and O–H groups in total. The third-order valence-electron chi connectivity index (χ3n) is 8.09. The molecule has 3 heterocycles. The van der Waals surface area contributed by atoms with Gasteiger partial charge in [0.15, 0.2) is 0 Å². The Hall–Kier alpha value is -1.26. The molecule has 1 aliphatic carbocycles. The van der Waals surface area contributed by atoms with Crippen LogP contribution in [0.2, 0.25) is 0 Å². The minimum atomic E-state index is -1.13. The van der Waals surface area contributed by atoms with Gasteiger partial charge in [0.2, 0.25) is 11.8 Å². The summed E-state index contributed by atoms with van der Waals surface area (Å²) in [5.74, 6) is 0.638. The smallest absolute Gasteiger partial charge is 0.225 e. The van der Waals surface area contributed by atoms with E-state index in [2.05, 4.69) is 22.5 Å². The summed E-state index contributed by atoms with van der Waals surface area (Å²) in [5.41, 5.74) is 0. The zero-order valence-electron chi connectivity index (χ0n) is 20.0. The van der Waals surface area contributed by atoms with E-state index in [4.69, 9.17) is 4.74 Å². The van der Waals surface area contributed by atoms with Gasteiger partial charge in [-0.05, 0) is 57.4 Å². The van der Waals surface area contributed by atoms with Crippen LogP contribution in [-0.2, 0) is 14.3 Å². The molecular weight excluding hydrogens is 424 g/mol. The first-order chi connectivity index (χ1) is 15.9. The van der Waals surface area contributed by atoms with Crippen LogP contribution in [0.4, 0.5) is 0 Å². The van der Waals surface area contributed by atoms with Crippen LogP contribution in [0.3, 0.4) is 0 Å². The minimum absolute atomic E-state index is 0.00274. The number of rotatable bonds is 6. The topological polar surface area (TPSA) is 114 Å². The highest BCUT2D eigenvalue weighted by Crippen LogP contribution is 2.29. The monoisotopic (exact) mass is 466 g/mol. The van der Waals surface area contributed by atoms with Crippen molar-refractivity contribution in [3.05, 3.63) is 0 Å². The number of nitrogens with zero attached hydrogens (tertiary/aromatic N) is 2. The highest BCUT2D eigenvalue weighted by molar-refractivity contribution is 5.78. The second-order valence-electron chi connectivity index (χ2n) is 10.5. The van der Waals surface area contributed by atoms with Gasteiger partial charge in [-0.3, -0.25) is 14.5 Å². The molecule has 0 radical (unpaired) electrons. The maximum absolute atomic E-state index is 12.8. The first-order valence-electron chi connectivity index (χ1n) is 13.0. The van der Waals surface area contributed by atoms with Crippen molar-refractivity contribution in [3.8, 4) is 0 Å². The van der Waals surface area contributed by atoms with E-state index in [1.54, 1.807) is 0 Å². The molecule has 188 valence electrons. The molecular formula is C24H42N4O5. The van der Waals surface area contributed by atoms with Gasteiger partial charge in [-0.15, -0.1) is 0 Å². The van der Waals surface area contributed by atoms with Crippen LogP contribution < -0.4 is 10.6 Å². The van der Waals surface area contributed by atoms with E-state index >= 15 is 0 Å². The molecule has 3 aliphatic heterocycles. The normalized spacial score (nSPS) is 38.3. The predicted octanol–water partition coefficient (Wildman–Crippen LogP) is 0.0520. The molecule has 1 unspecified atom stereocenters. The van der Waals surface area contributed by atoms with Crippen LogP contribution in [0.1, 0.15) is 58.3 Å². The van der Waals surface area contributed by atoms with E-state index in [9.17, 15) is 19.8 Å². The van der Waals surface area contributed by atoms with Gasteiger partial charge in [-0.2, -0.15) is 0 Å². The van der Waals surface area contributed by atoms with E-state index in [0.717, 1.165) is 51.7 Å². The number of aliphatic hydroxyl groups excluding tert-OH is 2. The lowest BCUT2D eigenvalue weighted by atomic mass is 9.82. The first-order valence-corrected chi connectivity index (χ1v) is 13.0. The van der Waals surface area contributed by atoms with Crippen molar-refractivity contribution < 1.29 is 24.5 Å². The largest absolute Gasteiger partial charge is 0.388 e. The molecule has 33 heavy (non-hydrogen) atoms. The Bertz CT molecular complexity index is 657. The van der Waals surface area contributed by atoms with Crippen LogP contribution in [0.15, 0.2) is 0 Å². The molecule has 0 spiro atoms. The summed E-state index contributed by atoms with van der Waals surface area (Å²) in [7, 11) is 0. The van der Waals surface area contributed by atoms with Crippen molar-refractivity contribution in [2.45, 2.75) is 88.9 Å². The lowest BCUT2D eigenvalue weighted by molar-refractivity contribution is -0.138. The number of piperidine rings is 1. The third-order valence-corrected chi connectivity index (χ3v) is 8.09. The quantitative estimate of drug-likeness (QED) is 0.437. The highest BCUT2D eigenvalue weighted by atomic mass is 16.5. The number of carbonyl (C=O) groups excluding carboxylic acids is 2. The average molecular weight is 467 g/mol. The molecule has 5 atom stereocenters. The Kier molecular flexibility index (Phi) is 8.62. The summed E-state index contributed by atoms with van der Waals surface area (Å²) < 4.78 is 5.84. The van der Waals surface area contributed by atoms with Crippen LogP contribution in [-0.4, -0.2) is 102 Å². The summed E-state index contributed by atoms with van der Waals surface area (Å²) >= 11 is 0. The molecule has 0 aromatic rings. The first kappa shape index (κ1) is 24.9. The Morgan fingerprint density at radius 3 is 2.33 bits per heavy atom. The van der Waals surface area contributed by atoms with Gasteiger partial charge < -0.3 is 30.5 Å². The lowest BCUT2D eigenvalue weighted by Gasteiger charge is -2.41. The molecule has 9 heteroatoms.